The Morgan fingerprint density at radius 2 is 1.90 bits per heavy atom. The van der Waals surface area contributed by atoms with Crippen LogP contribution in [0.1, 0.15) is 58.1 Å². The summed E-state index contributed by atoms with van der Waals surface area (Å²) in [5, 5.41) is 4.08. The molecule has 1 saturated heterocycles. The third-order valence-electron chi connectivity index (χ3n) is 7.12. The number of hydrogen-bond acceptors (Lipinski definition) is 9. The minimum absolute atomic E-state index is 0.0572. The predicted molar refractivity (Wildman–Crippen MR) is 156 cm³/mol. The van der Waals surface area contributed by atoms with E-state index in [0.717, 1.165) is 54.4 Å². The standard InChI is InChI=1S/C29H37N5O6S/c1-19-8-6-7-14-34(19)25-12-11-23(17-24(25)32-41(5,36)37)38-27-30-26(31-40-27)21-9-10-22-18-33(15-13-20(22)16-21)28(35)39-29(2,3)4/h9-12,16-17,19,32H,6-8,13-15,18H2,1-5H3. The van der Waals surface area contributed by atoms with Crippen LogP contribution in [0.2, 0.25) is 0 Å². The summed E-state index contributed by atoms with van der Waals surface area (Å²) in [5.41, 5.74) is 3.61. The van der Waals surface area contributed by atoms with Crippen molar-refractivity contribution >= 4 is 27.5 Å². The number of fused-ring (bicyclic) bond motifs is 1. The van der Waals surface area contributed by atoms with Crippen molar-refractivity contribution in [2.45, 2.75) is 71.6 Å². The highest BCUT2D eigenvalue weighted by molar-refractivity contribution is 7.92. The van der Waals surface area contributed by atoms with Crippen molar-refractivity contribution < 1.29 is 27.2 Å². The number of benzene rings is 2. The van der Waals surface area contributed by atoms with E-state index in [2.05, 4.69) is 26.7 Å². The molecule has 1 amide bonds. The zero-order valence-electron chi connectivity index (χ0n) is 24.1. The van der Waals surface area contributed by atoms with Crippen molar-refractivity contribution in [1.82, 2.24) is 15.0 Å². The van der Waals surface area contributed by atoms with Gasteiger partial charge in [0.15, 0.2) is 0 Å². The molecule has 1 fully saturated rings. The number of rotatable bonds is 6. The Bertz CT molecular complexity index is 1530. The highest BCUT2D eigenvalue weighted by atomic mass is 32.2. The smallest absolute Gasteiger partial charge is 0.423 e. The summed E-state index contributed by atoms with van der Waals surface area (Å²) in [6.45, 7) is 9.60. The Kier molecular flexibility index (Phi) is 7.87. The van der Waals surface area contributed by atoms with E-state index in [1.807, 2.05) is 45.0 Å². The lowest BCUT2D eigenvalue weighted by Gasteiger charge is -2.36. The van der Waals surface area contributed by atoms with E-state index in [9.17, 15) is 13.2 Å². The van der Waals surface area contributed by atoms with Crippen LogP contribution in [-0.4, -0.2) is 60.5 Å². The quantitative estimate of drug-likeness (QED) is 0.396. The maximum absolute atomic E-state index is 12.5. The van der Waals surface area contributed by atoms with Crippen LogP contribution in [0, 0.1) is 0 Å². The van der Waals surface area contributed by atoms with Gasteiger partial charge in [0.05, 0.1) is 17.6 Å². The molecule has 1 N–H and O–H groups in total. The summed E-state index contributed by atoms with van der Waals surface area (Å²) in [6, 6.07) is 11.4. The van der Waals surface area contributed by atoms with E-state index >= 15 is 0 Å². The molecule has 220 valence electrons. The zero-order valence-corrected chi connectivity index (χ0v) is 25.0. The van der Waals surface area contributed by atoms with Crippen molar-refractivity contribution in [3.05, 3.63) is 47.5 Å². The molecule has 1 atom stereocenters. The summed E-state index contributed by atoms with van der Waals surface area (Å²) in [6.07, 6.45) is 4.69. The van der Waals surface area contributed by atoms with Crippen LogP contribution in [0.5, 0.6) is 11.8 Å². The Balaban J connectivity index is 1.31. The third kappa shape index (κ3) is 7.10. The molecule has 0 saturated carbocycles. The summed E-state index contributed by atoms with van der Waals surface area (Å²) in [4.78, 5) is 20.8. The minimum Gasteiger partial charge on any atom is -0.444 e. The number of anilines is 2. The highest BCUT2D eigenvalue weighted by Gasteiger charge is 2.27. The van der Waals surface area contributed by atoms with Crippen LogP contribution in [0.25, 0.3) is 11.4 Å². The van der Waals surface area contributed by atoms with Gasteiger partial charge in [-0.25, -0.2) is 13.2 Å². The maximum atomic E-state index is 12.5. The highest BCUT2D eigenvalue weighted by Crippen LogP contribution is 2.36. The van der Waals surface area contributed by atoms with Crippen LogP contribution in [0.4, 0.5) is 16.2 Å². The lowest BCUT2D eigenvalue weighted by atomic mass is 9.97. The lowest BCUT2D eigenvalue weighted by molar-refractivity contribution is 0.0224. The van der Waals surface area contributed by atoms with E-state index in [1.165, 1.54) is 0 Å². The van der Waals surface area contributed by atoms with Crippen molar-refractivity contribution in [1.29, 1.82) is 0 Å². The molecule has 3 heterocycles. The summed E-state index contributed by atoms with van der Waals surface area (Å²) >= 11 is 0. The van der Waals surface area contributed by atoms with Crippen molar-refractivity contribution in [3.63, 3.8) is 0 Å². The molecular weight excluding hydrogens is 546 g/mol. The first-order valence-electron chi connectivity index (χ1n) is 13.8. The van der Waals surface area contributed by atoms with E-state index < -0.39 is 15.6 Å². The molecular formula is C29H37N5O6S. The number of carbonyl (C=O) groups excluding carboxylic acids is 1. The molecule has 2 aliphatic heterocycles. The number of carbonyl (C=O) groups is 1. The Morgan fingerprint density at radius 3 is 2.63 bits per heavy atom. The minimum atomic E-state index is -3.51. The summed E-state index contributed by atoms with van der Waals surface area (Å²) in [7, 11) is -3.51. The van der Waals surface area contributed by atoms with Crippen LogP contribution >= 0.6 is 0 Å². The predicted octanol–water partition coefficient (Wildman–Crippen LogP) is 5.57. The largest absolute Gasteiger partial charge is 0.444 e. The second-order valence-corrected chi connectivity index (χ2v) is 13.5. The first-order valence-corrected chi connectivity index (χ1v) is 15.7. The van der Waals surface area contributed by atoms with Gasteiger partial charge in [-0.2, -0.15) is 4.98 Å². The lowest BCUT2D eigenvalue weighted by Crippen LogP contribution is -2.39. The Labute approximate surface area is 240 Å². The first kappa shape index (κ1) is 28.7. The molecule has 11 nitrogen and oxygen atoms in total. The molecule has 0 spiro atoms. The maximum Gasteiger partial charge on any atom is 0.423 e. The van der Waals surface area contributed by atoms with Crippen molar-refractivity contribution in [3.8, 4) is 23.2 Å². The number of hydrogen-bond donors (Lipinski definition) is 1. The van der Waals surface area contributed by atoms with Gasteiger partial charge in [0, 0.05) is 37.3 Å². The van der Waals surface area contributed by atoms with Gasteiger partial charge in [0.1, 0.15) is 11.4 Å². The van der Waals surface area contributed by atoms with Crippen LogP contribution in [0.3, 0.4) is 0 Å². The summed E-state index contributed by atoms with van der Waals surface area (Å²) < 4.78 is 43.6. The number of sulfonamides is 1. The second kappa shape index (κ2) is 11.2. The molecule has 0 aliphatic carbocycles. The average Bonchev–Trinajstić information content (AvgIpc) is 3.35. The average molecular weight is 584 g/mol. The molecule has 3 aromatic rings. The van der Waals surface area contributed by atoms with Gasteiger partial charge in [0.25, 0.3) is 0 Å². The van der Waals surface area contributed by atoms with Gasteiger partial charge >= 0.3 is 12.2 Å². The zero-order chi connectivity index (χ0) is 29.4. The number of nitrogens with one attached hydrogen (secondary N) is 1. The monoisotopic (exact) mass is 583 g/mol. The molecule has 2 aliphatic rings. The fourth-order valence-corrected chi connectivity index (χ4v) is 5.77. The van der Waals surface area contributed by atoms with Gasteiger partial charge in [-0.3, -0.25) is 9.25 Å². The van der Waals surface area contributed by atoms with E-state index in [-0.39, 0.29) is 12.2 Å². The summed E-state index contributed by atoms with van der Waals surface area (Å²) in [5.74, 6) is 0.734. The van der Waals surface area contributed by atoms with E-state index in [4.69, 9.17) is 14.0 Å². The van der Waals surface area contributed by atoms with Gasteiger partial charge in [-0.1, -0.05) is 17.3 Å². The number of amides is 1. The van der Waals surface area contributed by atoms with E-state index in [1.54, 1.807) is 17.0 Å². The molecule has 2 aromatic carbocycles. The SMILES string of the molecule is CC1CCCCN1c1ccc(Oc2nc(-c3ccc4c(c3)CCN(C(=O)OC(C)(C)C)C4)no2)cc1NS(C)(=O)=O. The molecule has 0 bridgehead atoms. The Hall–Kier alpha value is -3.80. The first-order chi connectivity index (χ1) is 19.3. The molecule has 1 aromatic heterocycles. The molecule has 0 radical (unpaired) electrons. The molecule has 1 unspecified atom stereocenters. The normalized spacial score (nSPS) is 17.6. The molecule has 12 heteroatoms. The number of nitrogens with zero attached hydrogens (tertiary/aromatic N) is 4. The topological polar surface area (TPSA) is 127 Å². The molecule has 5 rings (SSSR count). The third-order valence-corrected chi connectivity index (χ3v) is 7.71. The second-order valence-electron chi connectivity index (χ2n) is 11.7. The van der Waals surface area contributed by atoms with E-state index in [0.29, 0.717) is 42.8 Å². The van der Waals surface area contributed by atoms with Crippen molar-refractivity contribution in [2.24, 2.45) is 0 Å². The van der Waals surface area contributed by atoms with Crippen LogP contribution < -0.4 is 14.4 Å². The fourth-order valence-electron chi connectivity index (χ4n) is 5.21. The van der Waals surface area contributed by atoms with Gasteiger partial charge in [0.2, 0.25) is 15.8 Å². The Morgan fingerprint density at radius 1 is 1.10 bits per heavy atom. The van der Waals surface area contributed by atoms with Crippen LogP contribution in [-0.2, 0) is 27.7 Å². The van der Waals surface area contributed by atoms with Crippen molar-refractivity contribution in [2.75, 3.05) is 29.0 Å². The van der Waals surface area contributed by atoms with Gasteiger partial charge in [-0.15, -0.1) is 0 Å². The molecule has 41 heavy (non-hydrogen) atoms. The van der Waals surface area contributed by atoms with Gasteiger partial charge < -0.3 is 19.3 Å². The fraction of sp³-hybridized carbons (Fsp3) is 0.483. The van der Waals surface area contributed by atoms with Crippen LogP contribution in [0.15, 0.2) is 40.9 Å². The van der Waals surface area contributed by atoms with Gasteiger partial charge in [-0.05, 0) is 82.7 Å². The number of piperidine rings is 1. The number of aromatic nitrogens is 2. The number of ether oxygens (including phenoxy) is 2.